The van der Waals surface area contributed by atoms with E-state index in [1.807, 2.05) is 13.8 Å². The van der Waals surface area contributed by atoms with Crippen LogP contribution in [0.1, 0.15) is 30.4 Å². The summed E-state index contributed by atoms with van der Waals surface area (Å²) >= 11 is 0. The van der Waals surface area contributed by atoms with Crippen LogP contribution in [-0.4, -0.2) is 35.4 Å². The number of halogens is 2. The molecule has 0 saturated carbocycles. The first-order valence-corrected chi connectivity index (χ1v) is 5.34. The first-order chi connectivity index (χ1) is 7.82. The predicted octanol–water partition coefficient (Wildman–Crippen LogP) is 1.99. The highest BCUT2D eigenvalue weighted by Gasteiger charge is 2.20. The van der Waals surface area contributed by atoms with E-state index < -0.39 is 18.9 Å². The van der Waals surface area contributed by atoms with Crippen molar-refractivity contribution in [2.24, 2.45) is 0 Å². The van der Waals surface area contributed by atoms with Gasteiger partial charge in [-0.3, -0.25) is 4.79 Å². The van der Waals surface area contributed by atoms with Gasteiger partial charge in [-0.05, 0) is 19.9 Å². The number of alkyl halides is 2. The third-order valence-corrected chi connectivity index (χ3v) is 2.40. The second kappa shape index (κ2) is 5.16. The van der Waals surface area contributed by atoms with E-state index in [2.05, 4.69) is 0 Å². The Labute approximate surface area is 99.0 Å². The van der Waals surface area contributed by atoms with Crippen LogP contribution >= 0.6 is 0 Å². The Morgan fingerprint density at radius 2 is 2.12 bits per heavy atom. The SMILES string of the molecule is CC(C)n1cc(N)cc1C(=O)N(C)CC(F)F. The minimum absolute atomic E-state index is 0.0474. The smallest absolute Gasteiger partial charge is 0.270 e. The Balaban J connectivity index is 2.95. The first-order valence-electron chi connectivity index (χ1n) is 5.34. The van der Waals surface area contributed by atoms with Crippen molar-refractivity contribution < 1.29 is 13.6 Å². The second-order valence-corrected chi connectivity index (χ2v) is 4.24. The number of carbonyl (C=O) groups is 1. The zero-order valence-electron chi connectivity index (χ0n) is 10.2. The lowest BCUT2D eigenvalue weighted by Gasteiger charge is -2.19. The number of anilines is 1. The van der Waals surface area contributed by atoms with Gasteiger partial charge < -0.3 is 15.2 Å². The lowest BCUT2D eigenvalue weighted by molar-refractivity contribution is 0.0610. The molecule has 1 rings (SSSR count). The lowest BCUT2D eigenvalue weighted by Crippen LogP contribution is -2.32. The van der Waals surface area contributed by atoms with Crippen molar-refractivity contribution in [2.45, 2.75) is 26.3 Å². The number of nitrogens with zero attached hydrogens (tertiary/aromatic N) is 2. The summed E-state index contributed by atoms with van der Waals surface area (Å²) in [4.78, 5) is 12.9. The Hall–Kier alpha value is -1.59. The molecule has 4 nitrogen and oxygen atoms in total. The number of amides is 1. The summed E-state index contributed by atoms with van der Waals surface area (Å²) in [7, 11) is 1.35. The largest absolute Gasteiger partial charge is 0.397 e. The van der Waals surface area contributed by atoms with Gasteiger partial charge in [0.05, 0.1) is 12.2 Å². The quantitative estimate of drug-likeness (QED) is 0.882. The summed E-state index contributed by atoms with van der Waals surface area (Å²) in [6, 6.07) is 1.55. The van der Waals surface area contributed by atoms with Gasteiger partial charge in [-0.15, -0.1) is 0 Å². The Morgan fingerprint density at radius 1 is 1.53 bits per heavy atom. The Morgan fingerprint density at radius 3 is 2.59 bits per heavy atom. The van der Waals surface area contributed by atoms with Gasteiger partial charge in [0.1, 0.15) is 5.69 Å². The van der Waals surface area contributed by atoms with E-state index in [-0.39, 0.29) is 6.04 Å². The van der Waals surface area contributed by atoms with Crippen molar-refractivity contribution in [3.63, 3.8) is 0 Å². The summed E-state index contributed by atoms with van der Waals surface area (Å²) in [5.74, 6) is -0.448. The number of nitrogen functional groups attached to an aromatic ring is 1. The van der Waals surface area contributed by atoms with Crippen LogP contribution in [0.25, 0.3) is 0 Å². The minimum Gasteiger partial charge on any atom is -0.397 e. The van der Waals surface area contributed by atoms with E-state index in [9.17, 15) is 13.6 Å². The number of aromatic nitrogens is 1. The van der Waals surface area contributed by atoms with E-state index in [1.54, 1.807) is 10.8 Å². The molecule has 0 aliphatic rings. The average Bonchev–Trinajstić information content (AvgIpc) is 2.58. The van der Waals surface area contributed by atoms with Gasteiger partial charge in [0.15, 0.2) is 0 Å². The van der Waals surface area contributed by atoms with Crippen molar-refractivity contribution >= 4 is 11.6 Å². The van der Waals surface area contributed by atoms with Crippen molar-refractivity contribution in [1.82, 2.24) is 9.47 Å². The molecule has 1 amide bonds. The molecule has 0 fully saturated rings. The molecular weight excluding hydrogens is 228 g/mol. The Bertz CT molecular complexity index is 401. The third-order valence-electron chi connectivity index (χ3n) is 2.40. The fourth-order valence-electron chi connectivity index (χ4n) is 1.58. The van der Waals surface area contributed by atoms with Gasteiger partial charge in [-0.1, -0.05) is 0 Å². The van der Waals surface area contributed by atoms with Crippen molar-refractivity contribution in [3.05, 3.63) is 18.0 Å². The molecule has 2 N–H and O–H groups in total. The van der Waals surface area contributed by atoms with E-state index in [1.165, 1.54) is 13.1 Å². The van der Waals surface area contributed by atoms with Crippen LogP contribution in [0, 0.1) is 0 Å². The van der Waals surface area contributed by atoms with E-state index >= 15 is 0 Å². The normalized spacial score (nSPS) is 11.2. The number of carbonyl (C=O) groups excluding carboxylic acids is 1. The van der Waals surface area contributed by atoms with Gasteiger partial charge >= 0.3 is 0 Å². The number of rotatable bonds is 4. The molecule has 96 valence electrons. The summed E-state index contributed by atoms with van der Waals surface area (Å²) in [6.07, 6.45) is -0.905. The van der Waals surface area contributed by atoms with Crippen LogP contribution in [0.5, 0.6) is 0 Å². The highest BCUT2D eigenvalue weighted by atomic mass is 19.3. The zero-order chi connectivity index (χ0) is 13.2. The van der Waals surface area contributed by atoms with Gasteiger partial charge in [0.25, 0.3) is 12.3 Å². The van der Waals surface area contributed by atoms with E-state index in [0.717, 1.165) is 4.90 Å². The summed E-state index contributed by atoms with van der Waals surface area (Å²) < 4.78 is 26.1. The molecule has 0 bridgehead atoms. The molecule has 0 saturated heterocycles. The van der Waals surface area contributed by atoms with Crippen molar-refractivity contribution in [2.75, 3.05) is 19.3 Å². The highest BCUT2D eigenvalue weighted by Crippen LogP contribution is 2.18. The molecular formula is C11H17F2N3O. The molecule has 0 unspecified atom stereocenters. The van der Waals surface area contributed by atoms with Crippen molar-refractivity contribution in [1.29, 1.82) is 0 Å². The van der Waals surface area contributed by atoms with Crippen molar-refractivity contribution in [3.8, 4) is 0 Å². The van der Waals surface area contributed by atoms with Crippen LogP contribution < -0.4 is 5.73 Å². The number of nitrogens with two attached hydrogens (primary N) is 1. The van der Waals surface area contributed by atoms with E-state index in [4.69, 9.17) is 5.73 Å². The lowest BCUT2D eigenvalue weighted by atomic mass is 10.3. The topological polar surface area (TPSA) is 51.3 Å². The molecule has 17 heavy (non-hydrogen) atoms. The summed E-state index contributed by atoms with van der Waals surface area (Å²) in [5.41, 5.74) is 6.40. The predicted molar refractivity (Wildman–Crippen MR) is 62.2 cm³/mol. The molecule has 0 atom stereocenters. The molecule has 0 aromatic carbocycles. The van der Waals surface area contributed by atoms with Crippen LogP contribution in [-0.2, 0) is 0 Å². The van der Waals surface area contributed by atoms with Crippen LogP contribution in [0.15, 0.2) is 12.3 Å². The van der Waals surface area contributed by atoms with Gasteiger partial charge in [0, 0.05) is 19.3 Å². The number of hydrogen-bond acceptors (Lipinski definition) is 2. The highest BCUT2D eigenvalue weighted by molar-refractivity contribution is 5.93. The molecule has 6 heteroatoms. The molecule has 0 spiro atoms. The van der Waals surface area contributed by atoms with Crippen LogP contribution in [0.3, 0.4) is 0 Å². The van der Waals surface area contributed by atoms with Gasteiger partial charge in [0.2, 0.25) is 0 Å². The zero-order valence-corrected chi connectivity index (χ0v) is 10.2. The maximum Gasteiger partial charge on any atom is 0.270 e. The average molecular weight is 245 g/mol. The maximum absolute atomic E-state index is 12.2. The monoisotopic (exact) mass is 245 g/mol. The second-order valence-electron chi connectivity index (χ2n) is 4.24. The molecule has 1 aromatic heterocycles. The fourth-order valence-corrected chi connectivity index (χ4v) is 1.58. The molecule has 1 aromatic rings. The Kier molecular flexibility index (Phi) is 4.09. The molecule has 1 heterocycles. The molecule has 0 aliphatic carbocycles. The van der Waals surface area contributed by atoms with E-state index in [0.29, 0.717) is 11.4 Å². The minimum atomic E-state index is -2.54. The first kappa shape index (κ1) is 13.5. The number of hydrogen-bond donors (Lipinski definition) is 1. The fraction of sp³-hybridized carbons (Fsp3) is 0.545. The van der Waals surface area contributed by atoms with Crippen LogP contribution in [0.4, 0.5) is 14.5 Å². The third kappa shape index (κ3) is 3.18. The van der Waals surface area contributed by atoms with Gasteiger partial charge in [-0.25, -0.2) is 8.78 Å². The van der Waals surface area contributed by atoms with Gasteiger partial charge in [-0.2, -0.15) is 0 Å². The summed E-state index contributed by atoms with van der Waals surface area (Å²) in [6.45, 7) is 3.20. The molecule has 0 aliphatic heterocycles. The van der Waals surface area contributed by atoms with Crippen LogP contribution in [0.2, 0.25) is 0 Å². The standard InChI is InChI=1S/C11H17F2N3O/c1-7(2)16-5-8(14)4-9(16)11(17)15(3)6-10(12)13/h4-5,7,10H,6,14H2,1-3H3. The summed E-state index contributed by atoms with van der Waals surface area (Å²) in [5, 5.41) is 0. The molecule has 0 radical (unpaired) electrons. The maximum atomic E-state index is 12.2.